The first kappa shape index (κ1) is 24.5. The van der Waals surface area contributed by atoms with Gasteiger partial charge in [0.2, 0.25) is 0 Å². The number of hydrogen-bond donors (Lipinski definition) is 3. The van der Waals surface area contributed by atoms with Gasteiger partial charge in [-0.15, -0.1) is 11.3 Å². The van der Waals surface area contributed by atoms with E-state index in [1.54, 1.807) is 0 Å². The zero-order valence-electron chi connectivity index (χ0n) is 18.5. The quantitative estimate of drug-likeness (QED) is 0.404. The molecule has 0 aliphatic heterocycles. The minimum Gasteiger partial charge on any atom is -0.393 e. The van der Waals surface area contributed by atoms with Crippen molar-refractivity contribution in [3.8, 4) is 0 Å². The topological polar surface area (TPSA) is 179 Å². The van der Waals surface area contributed by atoms with Crippen LogP contribution in [-0.4, -0.2) is 44.6 Å². The SMILES string of the molecule is NS(=O)(=O)OC[C@@H]1C[C@@H](c2csc3c(N(C4CCc5ccccc54)S(N)(=O)=O)ncnc23)C[C@@H]1O. The summed E-state index contributed by atoms with van der Waals surface area (Å²) in [5, 5.41) is 23.0. The first-order chi connectivity index (χ1) is 16.5. The van der Waals surface area contributed by atoms with Crippen molar-refractivity contribution < 1.29 is 26.1 Å². The molecule has 2 heterocycles. The number of hydrogen-bond acceptors (Lipinski definition) is 9. The van der Waals surface area contributed by atoms with Gasteiger partial charge in [-0.2, -0.15) is 16.8 Å². The van der Waals surface area contributed by atoms with E-state index >= 15 is 0 Å². The number of aliphatic hydroxyl groups excluding tert-OH is 1. The fourth-order valence-corrected chi connectivity index (χ4v) is 7.71. The normalized spacial score (nSPS) is 24.7. The van der Waals surface area contributed by atoms with Gasteiger partial charge in [0.15, 0.2) is 5.82 Å². The molecule has 14 heteroatoms. The molecule has 11 nitrogen and oxygen atoms in total. The van der Waals surface area contributed by atoms with Crippen LogP contribution in [0.2, 0.25) is 0 Å². The van der Waals surface area contributed by atoms with E-state index in [2.05, 4.69) is 9.97 Å². The summed E-state index contributed by atoms with van der Waals surface area (Å²) in [6.45, 7) is -0.209. The Bertz CT molecular complexity index is 1480. The number of nitrogens with two attached hydrogens (primary N) is 2. The molecule has 2 aliphatic carbocycles. The van der Waals surface area contributed by atoms with Crippen LogP contribution in [0.4, 0.5) is 5.82 Å². The Morgan fingerprint density at radius 3 is 2.63 bits per heavy atom. The molecular weight excluding hydrogens is 514 g/mol. The highest BCUT2D eigenvalue weighted by atomic mass is 32.2. The maximum Gasteiger partial charge on any atom is 0.333 e. The second-order valence-electron chi connectivity index (χ2n) is 8.93. The first-order valence-corrected chi connectivity index (χ1v) is 14.9. The van der Waals surface area contributed by atoms with Crippen LogP contribution in [0.1, 0.15) is 47.9 Å². The summed E-state index contributed by atoms with van der Waals surface area (Å²) in [4.78, 5) is 8.76. The van der Waals surface area contributed by atoms with Gasteiger partial charge in [-0.3, -0.25) is 4.18 Å². The number of rotatable bonds is 7. The van der Waals surface area contributed by atoms with Crippen LogP contribution >= 0.6 is 11.3 Å². The standard InChI is InChI=1S/C21H25N5O6S3/c22-34(28,29)26(17-6-5-12-3-1-2-4-15(12)17)21-20-19(24-11-25-21)16(10-33-20)13-7-14(18(27)8-13)9-32-35(23,30)31/h1-4,10-11,13-14,17-18,27H,5-9H2,(H2,22,28,29)(H2,23,30,31)/t13-,14+,17?,18+/m1/s1. The van der Waals surface area contributed by atoms with Crippen molar-refractivity contribution in [1.29, 1.82) is 0 Å². The minimum atomic E-state index is -4.16. The molecule has 188 valence electrons. The third-order valence-electron chi connectivity index (χ3n) is 6.77. The molecule has 5 rings (SSSR count). The smallest absolute Gasteiger partial charge is 0.333 e. The lowest BCUT2D eigenvalue weighted by atomic mass is 9.98. The molecule has 0 bridgehead atoms. The summed E-state index contributed by atoms with van der Waals surface area (Å²) in [7, 11) is -8.26. The van der Waals surface area contributed by atoms with Gasteiger partial charge in [-0.25, -0.2) is 24.6 Å². The van der Waals surface area contributed by atoms with Crippen molar-refractivity contribution in [2.45, 2.75) is 43.7 Å². The molecule has 3 aromatic rings. The van der Waals surface area contributed by atoms with E-state index in [0.29, 0.717) is 29.5 Å². The zero-order valence-corrected chi connectivity index (χ0v) is 21.0. The van der Waals surface area contributed by atoms with Crippen LogP contribution in [-0.2, 0) is 31.1 Å². The average Bonchev–Trinajstić information content (AvgIpc) is 3.48. The molecule has 0 spiro atoms. The maximum absolute atomic E-state index is 12.8. The largest absolute Gasteiger partial charge is 0.393 e. The molecule has 1 unspecified atom stereocenters. The van der Waals surface area contributed by atoms with Crippen molar-refractivity contribution in [2.24, 2.45) is 16.2 Å². The monoisotopic (exact) mass is 539 g/mol. The van der Waals surface area contributed by atoms with Gasteiger partial charge in [0.1, 0.15) is 6.33 Å². The van der Waals surface area contributed by atoms with Gasteiger partial charge in [-0.1, -0.05) is 24.3 Å². The molecule has 5 N–H and O–H groups in total. The van der Waals surface area contributed by atoms with Gasteiger partial charge in [0.05, 0.1) is 29.0 Å². The summed E-state index contributed by atoms with van der Waals surface area (Å²) in [6, 6.07) is 7.22. The Labute approximate surface area is 207 Å². The predicted molar refractivity (Wildman–Crippen MR) is 131 cm³/mol. The number of aromatic nitrogens is 2. The lowest BCUT2D eigenvalue weighted by molar-refractivity contribution is 0.101. The molecule has 2 aliphatic rings. The predicted octanol–water partition coefficient (Wildman–Crippen LogP) is 1.46. The minimum absolute atomic E-state index is 0.120. The Kier molecular flexibility index (Phi) is 6.32. The third-order valence-corrected chi connectivity index (χ3v) is 9.20. The first-order valence-electron chi connectivity index (χ1n) is 11.0. The summed E-state index contributed by atoms with van der Waals surface area (Å²) in [5.41, 5.74) is 3.41. The highest BCUT2D eigenvalue weighted by Crippen LogP contribution is 2.46. The number of nitrogens with zero attached hydrogens (tertiary/aromatic N) is 3. The highest BCUT2D eigenvalue weighted by Gasteiger charge is 2.38. The zero-order chi connectivity index (χ0) is 25.0. The van der Waals surface area contributed by atoms with E-state index in [9.17, 15) is 21.9 Å². The summed E-state index contributed by atoms with van der Waals surface area (Å²) in [5.74, 6) is -0.306. The highest BCUT2D eigenvalue weighted by molar-refractivity contribution is 7.90. The Morgan fingerprint density at radius 1 is 1.11 bits per heavy atom. The number of aryl methyl sites for hydroxylation is 1. The van der Waals surface area contributed by atoms with Gasteiger partial charge < -0.3 is 5.11 Å². The Hall–Kier alpha value is -2.20. The van der Waals surface area contributed by atoms with Gasteiger partial charge in [-0.05, 0) is 53.7 Å². The molecular formula is C21H25N5O6S3. The molecule has 2 aromatic heterocycles. The van der Waals surface area contributed by atoms with Crippen molar-refractivity contribution in [3.05, 3.63) is 52.7 Å². The molecule has 0 saturated heterocycles. The van der Waals surface area contributed by atoms with Crippen molar-refractivity contribution in [2.75, 3.05) is 10.9 Å². The number of fused-ring (bicyclic) bond motifs is 2. The van der Waals surface area contributed by atoms with Gasteiger partial charge in [0.25, 0.3) is 0 Å². The van der Waals surface area contributed by atoms with E-state index in [1.807, 2.05) is 29.6 Å². The Balaban J connectivity index is 1.50. The van der Waals surface area contributed by atoms with Crippen LogP contribution in [0.5, 0.6) is 0 Å². The fourth-order valence-electron chi connectivity index (χ4n) is 5.25. The van der Waals surface area contributed by atoms with Crippen LogP contribution in [0.25, 0.3) is 10.2 Å². The summed E-state index contributed by atoms with van der Waals surface area (Å²) < 4.78 is 54.4. The second kappa shape index (κ2) is 9.03. The molecule has 0 amide bonds. The maximum atomic E-state index is 12.8. The van der Waals surface area contributed by atoms with Crippen molar-refractivity contribution in [1.82, 2.24) is 9.97 Å². The van der Waals surface area contributed by atoms with Crippen LogP contribution in [0, 0.1) is 5.92 Å². The van der Waals surface area contributed by atoms with Crippen molar-refractivity contribution in [3.63, 3.8) is 0 Å². The Morgan fingerprint density at radius 2 is 1.89 bits per heavy atom. The lowest BCUT2D eigenvalue weighted by Crippen LogP contribution is -2.39. The fraction of sp³-hybridized carbons (Fsp3) is 0.429. The lowest BCUT2D eigenvalue weighted by Gasteiger charge is -2.28. The van der Waals surface area contributed by atoms with Gasteiger partial charge >= 0.3 is 20.5 Å². The molecule has 35 heavy (non-hydrogen) atoms. The van der Waals surface area contributed by atoms with E-state index in [-0.39, 0.29) is 18.3 Å². The van der Waals surface area contributed by atoms with E-state index in [0.717, 1.165) is 23.1 Å². The number of thiophene rings is 1. The van der Waals surface area contributed by atoms with Crippen molar-refractivity contribution >= 4 is 47.9 Å². The molecule has 4 atom stereocenters. The molecule has 1 saturated carbocycles. The van der Waals surface area contributed by atoms with Crippen LogP contribution < -0.4 is 14.6 Å². The third kappa shape index (κ3) is 4.79. The number of benzene rings is 1. The molecule has 1 fully saturated rings. The number of anilines is 1. The molecule has 0 radical (unpaired) electrons. The van der Waals surface area contributed by atoms with E-state index in [4.69, 9.17) is 14.5 Å². The van der Waals surface area contributed by atoms with E-state index < -0.39 is 38.6 Å². The second-order valence-corrected chi connectivity index (χ2v) is 12.5. The summed E-state index contributed by atoms with van der Waals surface area (Å²) in [6.07, 6.45) is 2.72. The van der Waals surface area contributed by atoms with Gasteiger partial charge in [0, 0.05) is 5.92 Å². The average molecular weight is 540 g/mol. The summed E-state index contributed by atoms with van der Waals surface area (Å²) >= 11 is 1.32. The molecule has 1 aromatic carbocycles. The van der Waals surface area contributed by atoms with E-state index in [1.165, 1.54) is 22.0 Å². The van der Waals surface area contributed by atoms with Crippen LogP contribution in [0.15, 0.2) is 36.0 Å². The number of aliphatic hydroxyl groups is 1. The van der Waals surface area contributed by atoms with Crippen LogP contribution in [0.3, 0.4) is 0 Å².